The van der Waals surface area contributed by atoms with Gasteiger partial charge in [0.15, 0.2) is 4.77 Å². The van der Waals surface area contributed by atoms with E-state index in [4.69, 9.17) is 28.2 Å². The van der Waals surface area contributed by atoms with Crippen molar-refractivity contribution in [3.8, 4) is 0 Å². The Hall–Kier alpha value is -1.52. The highest BCUT2D eigenvalue weighted by molar-refractivity contribution is 7.71. The summed E-state index contributed by atoms with van der Waals surface area (Å²) in [7, 11) is 0. The molecule has 92 valence electrons. The molecule has 0 saturated heterocycles. The van der Waals surface area contributed by atoms with Gasteiger partial charge in [0.2, 0.25) is 0 Å². The molecule has 0 unspecified atom stereocenters. The third-order valence-corrected chi connectivity index (χ3v) is 3.51. The number of aryl methyl sites for hydroxylation is 1. The maximum Gasteiger partial charge on any atom is 0.178 e. The molecule has 0 bridgehead atoms. The maximum absolute atomic E-state index is 6.14. The normalized spacial score (nSPS) is 11.2. The molecule has 3 nitrogen and oxygen atoms in total. The van der Waals surface area contributed by atoms with Crippen molar-refractivity contribution >= 4 is 34.9 Å². The Morgan fingerprint density at radius 1 is 1.33 bits per heavy atom. The highest BCUT2D eigenvalue weighted by atomic mass is 35.5. The van der Waals surface area contributed by atoms with Crippen molar-refractivity contribution < 1.29 is 4.42 Å². The lowest BCUT2D eigenvalue weighted by molar-refractivity contribution is 0.471. The first-order valence-corrected chi connectivity index (χ1v) is 6.36. The number of rotatable bonds is 2. The van der Waals surface area contributed by atoms with Crippen LogP contribution in [0.4, 0.5) is 0 Å². The molecule has 1 aromatic carbocycles. The van der Waals surface area contributed by atoms with E-state index in [1.807, 2.05) is 41.8 Å². The molecule has 0 fully saturated rings. The molecule has 0 aliphatic heterocycles. The second-order valence-electron chi connectivity index (χ2n) is 4.16. The van der Waals surface area contributed by atoms with Gasteiger partial charge in [-0.1, -0.05) is 17.7 Å². The Morgan fingerprint density at radius 3 is 2.89 bits per heavy atom. The monoisotopic (exact) mass is 278 g/mol. The van der Waals surface area contributed by atoms with Gasteiger partial charge in [0.25, 0.3) is 0 Å². The number of fused-ring (bicyclic) bond motifs is 1. The van der Waals surface area contributed by atoms with Crippen LogP contribution in [-0.2, 0) is 6.54 Å². The highest BCUT2D eigenvalue weighted by Crippen LogP contribution is 2.23. The van der Waals surface area contributed by atoms with Crippen molar-refractivity contribution in [2.24, 2.45) is 0 Å². The molecule has 0 amide bonds. The van der Waals surface area contributed by atoms with Gasteiger partial charge in [-0.3, -0.25) is 0 Å². The van der Waals surface area contributed by atoms with Gasteiger partial charge in [0, 0.05) is 0 Å². The molecule has 1 N–H and O–H groups in total. The van der Waals surface area contributed by atoms with E-state index in [-0.39, 0.29) is 0 Å². The molecule has 18 heavy (non-hydrogen) atoms. The summed E-state index contributed by atoms with van der Waals surface area (Å²) in [6.45, 7) is 2.53. The molecule has 3 aromatic rings. The zero-order valence-electron chi connectivity index (χ0n) is 9.74. The topological polar surface area (TPSA) is 33.9 Å². The number of imidazole rings is 1. The SMILES string of the molecule is Cc1ccc(Cn2c(=S)[nH]c3c(Cl)cccc32)o1. The molecule has 5 heteroatoms. The molecule has 0 aliphatic carbocycles. The average Bonchev–Trinajstić information content (AvgIpc) is 2.87. The van der Waals surface area contributed by atoms with E-state index >= 15 is 0 Å². The zero-order valence-corrected chi connectivity index (χ0v) is 11.3. The number of hydrogen-bond acceptors (Lipinski definition) is 2. The summed E-state index contributed by atoms with van der Waals surface area (Å²) < 4.78 is 8.20. The van der Waals surface area contributed by atoms with Crippen molar-refractivity contribution in [1.82, 2.24) is 9.55 Å². The molecule has 0 spiro atoms. The first-order valence-electron chi connectivity index (χ1n) is 5.57. The smallest absolute Gasteiger partial charge is 0.178 e. The summed E-state index contributed by atoms with van der Waals surface area (Å²) in [5, 5.41) is 0.674. The molecule has 3 rings (SSSR count). The summed E-state index contributed by atoms with van der Waals surface area (Å²) in [5.41, 5.74) is 1.86. The van der Waals surface area contributed by atoms with Crippen LogP contribution in [0.15, 0.2) is 34.7 Å². The fraction of sp³-hybridized carbons (Fsp3) is 0.154. The van der Waals surface area contributed by atoms with Crippen LogP contribution < -0.4 is 0 Å². The predicted molar refractivity (Wildman–Crippen MR) is 74.7 cm³/mol. The minimum absolute atomic E-state index is 0.604. The number of nitrogens with zero attached hydrogens (tertiary/aromatic N) is 1. The fourth-order valence-corrected chi connectivity index (χ4v) is 2.51. The van der Waals surface area contributed by atoms with Crippen molar-refractivity contribution in [3.05, 3.63) is 51.6 Å². The van der Waals surface area contributed by atoms with Crippen molar-refractivity contribution in [2.75, 3.05) is 0 Å². The molecule has 0 atom stereocenters. The second-order valence-corrected chi connectivity index (χ2v) is 4.96. The highest BCUT2D eigenvalue weighted by Gasteiger charge is 2.09. The lowest BCUT2D eigenvalue weighted by atomic mass is 10.3. The zero-order chi connectivity index (χ0) is 12.7. The van der Waals surface area contributed by atoms with Crippen molar-refractivity contribution in [1.29, 1.82) is 0 Å². The van der Waals surface area contributed by atoms with Crippen LogP contribution >= 0.6 is 23.8 Å². The van der Waals surface area contributed by atoms with Gasteiger partial charge < -0.3 is 14.0 Å². The summed E-state index contributed by atoms with van der Waals surface area (Å²) >= 11 is 11.5. The number of para-hydroxylation sites is 1. The van der Waals surface area contributed by atoms with Gasteiger partial charge in [0.05, 0.1) is 22.6 Å². The Morgan fingerprint density at radius 2 is 2.17 bits per heavy atom. The first-order chi connectivity index (χ1) is 8.65. The summed E-state index contributed by atoms with van der Waals surface area (Å²) in [6, 6.07) is 9.65. The Kier molecular flexibility index (Phi) is 2.76. The molecular weight excluding hydrogens is 268 g/mol. The number of hydrogen-bond donors (Lipinski definition) is 1. The van der Waals surface area contributed by atoms with Gasteiger partial charge in [-0.2, -0.15) is 0 Å². The maximum atomic E-state index is 6.14. The summed E-state index contributed by atoms with van der Waals surface area (Å²) in [6.07, 6.45) is 0. The van der Waals surface area contributed by atoms with E-state index in [9.17, 15) is 0 Å². The van der Waals surface area contributed by atoms with E-state index in [2.05, 4.69) is 4.98 Å². The number of halogens is 1. The standard InChI is InChI=1S/C13H11ClN2OS/c1-8-5-6-9(17-8)7-16-11-4-2-3-10(14)12(11)15-13(16)18/h2-6H,7H2,1H3,(H,15,18). The third kappa shape index (κ3) is 1.87. The number of aromatic amines is 1. The molecular formula is C13H11ClN2OS. The van der Waals surface area contributed by atoms with Gasteiger partial charge in [-0.15, -0.1) is 0 Å². The fourth-order valence-electron chi connectivity index (χ4n) is 2.03. The molecule has 0 radical (unpaired) electrons. The third-order valence-electron chi connectivity index (χ3n) is 2.87. The largest absolute Gasteiger partial charge is 0.464 e. The number of aromatic nitrogens is 2. The van der Waals surface area contributed by atoms with Crippen LogP contribution in [-0.4, -0.2) is 9.55 Å². The van der Waals surface area contributed by atoms with E-state index in [1.54, 1.807) is 0 Å². The molecule has 0 saturated carbocycles. The quantitative estimate of drug-likeness (QED) is 0.709. The number of H-pyrrole nitrogens is 1. The second kappa shape index (κ2) is 4.30. The van der Waals surface area contributed by atoms with Gasteiger partial charge in [0.1, 0.15) is 11.5 Å². The lowest BCUT2D eigenvalue weighted by Crippen LogP contribution is -1.98. The van der Waals surface area contributed by atoms with Gasteiger partial charge >= 0.3 is 0 Å². The van der Waals surface area contributed by atoms with Gasteiger partial charge in [-0.25, -0.2) is 0 Å². The lowest BCUT2D eigenvalue weighted by Gasteiger charge is -2.02. The van der Waals surface area contributed by atoms with Crippen LogP contribution in [0.3, 0.4) is 0 Å². The predicted octanol–water partition coefficient (Wildman–Crippen LogP) is 4.30. The number of benzene rings is 1. The summed E-state index contributed by atoms with van der Waals surface area (Å²) in [4.78, 5) is 3.13. The Labute approximate surface area is 114 Å². The minimum Gasteiger partial charge on any atom is -0.464 e. The van der Waals surface area contributed by atoms with Crippen LogP contribution in [0.5, 0.6) is 0 Å². The minimum atomic E-state index is 0.604. The van der Waals surface area contributed by atoms with Crippen LogP contribution in [0.2, 0.25) is 5.02 Å². The Bertz CT molecular complexity index is 769. The van der Waals surface area contributed by atoms with E-state index < -0.39 is 0 Å². The number of nitrogens with one attached hydrogen (secondary N) is 1. The molecule has 0 aliphatic rings. The molecule has 2 aromatic heterocycles. The Balaban J connectivity index is 2.14. The average molecular weight is 279 g/mol. The molecule has 2 heterocycles. The van der Waals surface area contributed by atoms with Gasteiger partial charge in [-0.05, 0) is 43.4 Å². The van der Waals surface area contributed by atoms with E-state index in [1.165, 1.54) is 0 Å². The first kappa shape index (κ1) is 11.6. The van der Waals surface area contributed by atoms with E-state index in [0.717, 1.165) is 22.6 Å². The number of furan rings is 1. The van der Waals surface area contributed by atoms with Crippen molar-refractivity contribution in [3.63, 3.8) is 0 Å². The summed E-state index contributed by atoms with van der Waals surface area (Å²) in [5.74, 6) is 1.78. The van der Waals surface area contributed by atoms with Crippen LogP contribution in [0.25, 0.3) is 11.0 Å². The van der Waals surface area contributed by atoms with Crippen LogP contribution in [0, 0.1) is 11.7 Å². The van der Waals surface area contributed by atoms with Crippen molar-refractivity contribution in [2.45, 2.75) is 13.5 Å². The van der Waals surface area contributed by atoms with Crippen LogP contribution in [0.1, 0.15) is 11.5 Å². The van der Waals surface area contributed by atoms with E-state index in [0.29, 0.717) is 16.3 Å².